The van der Waals surface area contributed by atoms with Gasteiger partial charge in [-0.3, -0.25) is 14.9 Å². The number of hydrogen-bond acceptors (Lipinski definition) is 4. The topological polar surface area (TPSA) is 79.7 Å². The molecule has 1 fully saturated rings. The summed E-state index contributed by atoms with van der Waals surface area (Å²) in [5, 5.41) is 7.11. The number of pyridine rings is 1. The van der Waals surface area contributed by atoms with E-state index in [1.54, 1.807) is 18.5 Å². The highest BCUT2D eigenvalue weighted by Gasteiger charge is 2.31. The van der Waals surface area contributed by atoms with Crippen molar-refractivity contribution in [1.82, 2.24) is 29.6 Å². The predicted molar refractivity (Wildman–Crippen MR) is 93.0 cm³/mol. The summed E-state index contributed by atoms with van der Waals surface area (Å²) in [5.74, 6) is 1.31. The van der Waals surface area contributed by atoms with Gasteiger partial charge in [-0.15, -0.1) is 0 Å². The first-order valence-corrected chi connectivity index (χ1v) is 8.37. The Balaban J connectivity index is 1.49. The fourth-order valence-electron chi connectivity index (χ4n) is 3.43. The highest BCUT2D eigenvalue weighted by atomic mass is 16.2. The van der Waals surface area contributed by atoms with Crippen molar-refractivity contribution >= 4 is 5.91 Å². The third-order valence-corrected chi connectivity index (χ3v) is 4.64. The molecular formula is C18H20N6O. The molecule has 25 heavy (non-hydrogen) atoms. The smallest absolute Gasteiger partial charge is 0.271 e. The quantitative estimate of drug-likeness (QED) is 0.795. The number of nitrogens with zero attached hydrogens (tertiary/aromatic N) is 5. The summed E-state index contributed by atoms with van der Waals surface area (Å²) in [4.78, 5) is 23.3. The Kier molecular flexibility index (Phi) is 3.83. The highest BCUT2D eigenvalue weighted by molar-refractivity contribution is 5.93. The van der Waals surface area contributed by atoms with Crippen molar-refractivity contribution < 1.29 is 4.79 Å². The lowest BCUT2D eigenvalue weighted by Gasteiger charge is -2.15. The second-order valence-corrected chi connectivity index (χ2v) is 6.50. The van der Waals surface area contributed by atoms with Crippen LogP contribution in [0.2, 0.25) is 0 Å². The Morgan fingerprint density at radius 2 is 2.28 bits per heavy atom. The van der Waals surface area contributed by atoms with Gasteiger partial charge in [0.25, 0.3) is 5.91 Å². The Bertz CT molecular complexity index is 897. The monoisotopic (exact) mass is 336 g/mol. The molecular weight excluding hydrogens is 316 g/mol. The van der Waals surface area contributed by atoms with E-state index in [9.17, 15) is 4.79 Å². The van der Waals surface area contributed by atoms with E-state index in [4.69, 9.17) is 0 Å². The first-order chi connectivity index (χ1) is 12.1. The summed E-state index contributed by atoms with van der Waals surface area (Å²) in [6, 6.07) is 5.57. The average Bonchev–Trinajstić information content (AvgIpc) is 3.34. The molecule has 1 saturated heterocycles. The van der Waals surface area contributed by atoms with Gasteiger partial charge in [0.05, 0.1) is 11.4 Å². The Hall–Kier alpha value is -2.96. The molecule has 128 valence electrons. The highest BCUT2D eigenvalue weighted by Crippen LogP contribution is 2.27. The third kappa shape index (κ3) is 2.93. The van der Waals surface area contributed by atoms with Crippen molar-refractivity contribution in [2.75, 3.05) is 13.1 Å². The minimum absolute atomic E-state index is 0.0175. The van der Waals surface area contributed by atoms with Crippen LogP contribution in [0.3, 0.4) is 0 Å². The summed E-state index contributed by atoms with van der Waals surface area (Å²) in [7, 11) is 2.01. The van der Waals surface area contributed by atoms with Gasteiger partial charge in [-0.05, 0) is 31.5 Å². The van der Waals surface area contributed by atoms with Crippen molar-refractivity contribution in [2.45, 2.75) is 19.3 Å². The molecule has 7 heteroatoms. The molecule has 0 aromatic carbocycles. The number of hydrogen-bond donors (Lipinski definition) is 1. The van der Waals surface area contributed by atoms with Gasteiger partial charge in [-0.2, -0.15) is 5.10 Å². The number of aromatic nitrogens is 5. The van der Waals surface area contributed by atoms with Crippen LogP contribution in [0.5, 0.6) is 0 Å². The summed E-state index contributed by atoms with van der Waals surface area (Å²) in [6.07, 6.45) is 6.40. The summed E-state index contributed by atoms with van der Waals surface area (Å²) >= 11 is 0. The van der Waals surface area contributed by atoms with Gasteiger partial charge in [0, 0.05) is 50.2 Å². The van der Waals surface area contributed by atoms with Gasteiger partial charge >= 0.3 is 0 Å². The molecule has 7 nitrogen and oxygen atoms in total. The molecule has 1 unspecified atom stereocenters. The number of nitrogens with one attached hydrogen (secondary N) is 1. The lowest BCUT2D eigenvalue weighted by Crippen LogP contribution is -2.29. The second-order valence-electron chi connectivity index (χ2n) is 6.50. The lowest BCUT2D eigenvalue weighted by atomic mass is 10.1. The summed E-state index contributed by atoms with van der Waals surface area (Å²) in [6.45, 7) is 3.41. The third-order valence-electron chi connectivity index (χ3n) is 4.64. The van der Waals surface area contributed by atoms with Crippen LogP contribution in [-0.2, 0) is 7.05 Å². The normalized spacial score (nSPS) is 17.2. The van der Waals surface area contributed by atoms with Gasteiger partial charge in [-0.1, -0.05) is 0 Å². The number of rotatable bonds is 3. The molecule has 1 aliphatic heterocycles. The molecule has 1 atom stereocenters. The number of carbonyl (C=O) groups excluding carboxylic acids is 1. The SMILES string of the molecule is Cc1cn(C)c(C2CCN(C(=O)c3cc(-c4cccnc4)n[nH]3)C2)n1. The molecule has 3 aromatic heterocycles. The first-order valence-electron chi connectivity index (χ1n) is 8.37. The molecule has 1 amide bonds. The minimum Gasteiger partial charge on any atom is -0.337 e. The zero-order valence-corrected chi connectivity index (χ0v) is 14.3. The van der Waals surface area contributed by atoms with Crippen molar-refractivity contribution in [3.63, 3.8) is 0 Å². The Morgan fingerprint density at radius 3 is 3.00 bits per heavy atom. The number of carbonyl (C=O) groups is 1. The van der Waals surface area contributed by atoms with Crippen molar-refractivity contribution in [2.24, 2.45) is 7.05 Å². The Morgan fingerprint density at radius 1 is 1.40 bits per heavy atom. The molecule has 0 spiro atoms. The maximum Gasteiger partial charge on any atom is 0.271 e. The molecule has 1 aliphatic rings. The van der Waals surface area contributed by atoms with Crippen molar-refractivity contribution in [1.29, 1.82) is 0 Å². The molecule has 0 radical (unpaired) electrons. The van der Waals surface area contributed by atoms with Crippen LogP contribution < -0.4 is 0 Å². The van der Waals surface area contributed by atoms with Gasteiger partial charge in [0.2, 0.25) is 0 Å². The van der Waals surface area contributed by atoms with E-state index in [1.807, 2.05) is 37.2 Å². The van der Waals surface area contributed by atoms with Crippen LogP contribution in [0.25, 0.3) is 11.3 Å². The summed E-state index contributed by atoms with van der Waals surface area (Å²) < 4.78 is 2.06. The maximum atomic E-state index is 12.8. The first kappa shape index (κ1) is 15.6. The van der Waals surface area contributed by atoms with E-state index in [-0.39, 0.29) is 11.8 Å². The van der Waals surface area contributed by atoms with E-state index in [0.717, 1.165) is 35.7 Å². The number of aryl methyl sites for hydroxylation is 2. The van der Waals surface area contributed by atoms with Crippen LogP contribution in [-0.4, -0.2) is 48.6 Å². The van der Waals surface area contributed by atoms with Crippen LogP contribution in [0.4, 0.5) is 0 Å². The summed E-state index contributed by atoms with van der Waals surface area (Å²) in [5.41, 5.74) is 3.14. The molecule has 1 N–H and O–H groups in total. The molecule has 0 saturated carbocycles. The molecule has 3 aromatic rings. The number of H-pyrrole nitrogens is 1. The fraction of sp³-hybridized carbons (Fsp3) is 0.333. The van der Waals surface area contributed by atoms with Gasteiger partial charge in [0.1, 0.15) is 11.5 Å². The minimum atomic E-state index is -0.0175. The van der Waals surface area contributed by atoms with Crippen LogP contribution in [0.15, 0.2) is 36.8 Å². The number of amides is 1. The second kappa shape index (κ2) is 6.16. The zero-order chi connectivity index (χ0) is 17.4. The standard InChI is InChI=1S/C18H20N6O/c1-12-10-23(2)17(20-12)14-5-7-24(11-14)18(25)16-8-15(21-22-16)13-4-3-6-19-9-13/h3-4,6,8-10,14H,5,7,11H2,1-2H3,(H,21,22). The van der Waals surface area contributed by atoms with Crippen molar-refractivity contribution in [3.8, 4) is 11.3 Å². The molecule has 4 rings (SSSR count). The number of aromatic amines is 1. The van der Waals surface area contributed by atoms with E-state index in [0.29, 0.717) is 12.2 Å². The number of likely N-dealkylation sites (tertiary alicyclic amines) is 1. The van der Waals surface area contributed by atoms with Crippen molar-refractivity contribution in [3.05, 3.63) is 54.0 Å². The van der Waals surface area contributed by atoms with Gasteiger partial charge in [0.15, 0.2) is 0 Å². The van der Waals surface area contributed by atoms with Crippen LogP contribution in [0.1, 0.15) is 34.3 Å². The van der Waals surface area contributed by atoms with E-state index < -0.39 is 0 Å². The molecule has 0 bridgehead atoms. The van der Waals surface area contributed by atoms with Gasteiger partial charge in [-0.25, -0.2) is 4.98 Å². The lowest BCUT2D eigenvalue weighted by molar-refractivity contribution is 0.0784. The van der Waals surface area contributed by atoms with E-state index in [2.05, 4.69) is 24.7 Å². The fourth-order valence-corrected chi connectivity index (χ4v) is 3.43. The van der Waals surface area contributed by atoms with E-state index in [1.165, 1.54) is 0 Å². The largest absolute Gasteiger partial charge is 0.337 e. The van der Waals surface area contributed by atoms with Gasteiger partial charge < -0.3 is 9.47 Å². The average molecular weight is 336 g/mol. The molecule has 0 aliphatic carbocycles. The zero-order valence-electron chi connectivity index (χ0n) is 14.3. The predicted octanol–water partition coefficient (Wildman–Crippen LogP) is 2.14. The van der Waals surface area contributed by atoms with Crippen LogP contribution in [0, 0.1) is 6.92 Å². The number of imidazole rings is 1. The Labute approximate surface area is 145 Å². The maximum absolute atomic E-state index is 12.8. The van der Waals surface area contributed by atoms with E-state index >= 15 is 0 Å². The van der Waals surface area contributed by atoms with Crippen LogP contribution >= 0.6 is 0 Å². The molecule has 4 heterocycles.